The molecule has 0 unspecified atom stereocenters. The first-order valence-electron chi connectivity index (χ1n) is 10.2. The zero-order valence-corrected chi connectivity index (χ0v) is 22.0. The SMILES string of the molecule is COc1ccc2c(c1)N(CCS(=O)(=O)O)/C(=C\c1sc3ccc(OC)cc3[n+]1CCS(=O)(=O)O)S2. The molecule has 0 saturated heterocycles. The third kappa shape index (κ3) is 6.08. The van der Waals surface area contributed by atoms with E-state index in [1.54, 1.807) is 33.7 Å². The van der Waals surface area contributed by atoms with Crippen LogP contribution in [0, 0.1) is 0 Å². The molecule has 0 atom stereocenters. The number of fused-ring (bicyclic) bond motifs is 2. The highest BCUT2D eigenvalue weighted by Gasteiger charge is 2.30. The van der Waals surface area contributed by atoms with Crippen molar-refractivity contribution in [3.8, 4) is 11.5 Å². The largest absolute Gasteiger partial charge is 0.497 e. The summed E-state index contributed by atoms with van der Waals surface area (Å²) in [5.74, 6) is 0.237. The number of hydrogen-bond acceptors (Lipinski definition) is 9. The number of aryl methyl sites for hydroxylation is 1. The summed E-state index contributed by atoms with van der Waals surface area (Å²) in [5, 5.41) is 1.38. The quantitative estimate of drug-likeness (QED) is 0.298. The summed E-state index contributed by atoms with van der Waals surface area (Å²) in [5.41, 5.74) is 1.47. The van der Waals surface area contributed by atoms with Crippen molar-refractivity contribution in [2.24, 2.45) is 0 Å². The normalized spacial score (nSPS) is 15.1. The maximum atomic E-state index is 11.5. The second-order valence-electron chi connectivity index (χ2n) is 7.57. The molecule has 188 valence electrons. The van der Waals surface area contributed by atoms with Crippen LogP contribution in [0.3, 0.4) is 0 Å². The molecular formula is C21H23N2O8S4+. The minimum Gasteiger partial charge on any atom is -0.497 e. The lowest BCUT2D eigenvalue weighted by molar-refractivity contribution is -0.664. The monoisotopic (exact) mass is 559 g/mol. The summed E-state index contributed by atoms with van der Waals surface area (Å²) in [4.78, 5) is 2.65. The first-order chi connectivity index (χ1) is 16.5. The van der Waals surface area contributed by atoms with Gasteiger partial charge < -0.3 is 14.4 Å². The van der Waals surface area contributed by atoms with Crippen LogP contribution in [0.4, 0.5) is 5.69 Å². The zero-order chi connectivity index (χ0) is 25.4. The Morgan fingerprint density at radius 3 is 2.29 bits per heavy atom. The van der Waals surface area contributed by atoms with E-state index in [-0.39, 0.29) is 13.1 Å². The van der Waals surface area contributed by atoms with Crippen molar-refractivity contribution in [2.75, 3.05) is 37.2 Å². The minimum atomic E-state index is -4.21. The van der Waals surface area contributed by atoms with Crippen LogP contribution >= 0.6 is 23.1 Å². The number of thioether (sulfide) groups is 1. The molecule has 0 fully saturated rings. The van der Waals surface area contributed by atoms with Crippen molar-refractivity contribution in [3.63, 3.8) is 0 Å². The highest BCUT2D eigenvalue weighted by molar-refractivity contribution is 8.04. The molecule has 3 aromatic rings. The Bertz CT molecular complexity index is 1510. The molecule has 4 rings (SSSR count). The number of nitrogens with zero attached hydrogens (tertiary/aromatic N) is 2. The number of thiazole rings is 1. The Balaban J connectivity index is 1.82. The molecular weight excluding hydrogens is 537 g/mol. The highest BCUT2D eigenvalue weighted by Crippen LogP contribution is 2.48. The summed E-state index contributed by atoms with van der Waals surface area (Å²) < 4.78 is 77.9. The average molecular weight is 560 g/mol. The molecule has 35 heavy (non-hydrogen) atoms. The van der Waals surface area contributed by atoms with Gasteiger partial charge in [0.05, 0.1) is 42.8 Å². The van der Waals surface area contributed by atoms with Gasteiger partial charge in [-0.3, -0.25) is 9.11 Å². The van der Waals surface area contributed by atoms with Crippen molar-refractivity contribution in [3.05, 3.63) is 46.4 Å². The maximum Gasteiger partial charge on any atom is 0.271 e. The van der Waals surface area contributed by atoms with E-state index in [4.69, 9.17) is 9.47 Å². The lowest BCUT2D eigenvalue weighted by Gasteiger charge is -2.19. The van der Waals surface area contributed by atoms with Gasteiger partial charge in [-0.05, 0) is 24.3 Å². The summed E-state index contributed by atoms with van der Waals surface area (Å²) >= 11 is 2.83. The third-order valence-electron chi connectivity index (χ3n) is 5.27. The van der Waals surface area contributed by atoms with E-state index >= 15 is 0 Å². The first-order valence-corrected chi connectivity index (χ1v) is 15.1. The molecule has 0 aliphatic carbocycles. The fourth-order valence-corrected chi connectivity index (χ4v) is 6.72. The van der Waals surface area contributed by atoms with Crippen LogP contribution in [0.15, 0.2) is 46.3 Å². The summed E-state index contributed by atoms with van der Waals surface area (Å²) in [7, 11) is -5.35. The smallest absolute Gasteiger partial charge is 0.271 e. The molecule has 0 bridgehead atoms. The topological polar surface area (TPSA) is 134 Å². The van der Waals surface area contributed by atoms with Gasteiger partial charge in [0.2, 0.25) is 5.52 Å². The van der Waals surface area contributed by atoms with E-state index in [1.165, 1.54) is 37.3 Å². The Morgan fingerprint density at radius 2 is 1.63 bits per heavy atom. The lowest BCUT2D eigenvalue weighted by atomic mass is 10.2. The second-order valence-corrected chi connectivity index (χ2v) is 12.8. The predicted octanol–water partition coefficient (Wildman–Crippen LogP) is 2.89. The number of anilines is 1. The van der Waals surface area contributed by atoms with Gasteiger partial charge >= 0.3 is 0 Å². The van der Waals surface area contributed by atoms with E-state index in [1.807, 2.05) is 18.2 Å². The number of aromatic nitrogens is 1. The van der Waals surface area contributed by atoms with Gasteiger partial charge in [0, 0.05) is 17.5 Å². The summed E-state index contributed by atoms with van der Waals surface area (Å²) in [6.45, 7) is 0.00312. The van der Waals surface area contributed by atoms with Crippen LogP contribution in [0.25, 0.3) is 16.3 Å². The van der Waals surface area contributed by atoms with Crippen molar-refractivity contribution in [1.82, 2.24) is 0 Å². The van der Waals surface area contributed by atoms with Gasteiger partial charge in [-0.2, -0.15) is 21.4 Å². The van der Waals surface area contributed by atoms with Crippen molar-refractivity contribution < 1.29 is 40.0 Å². The summed E-state index contributed by atoms with van der Waals surface area (Å²) in [6.07, 6.45) is 1.84. The van der Waals surface area contributed by atoms with Crippen molar-refractivity contribution in [2.45, 2.75) is 11.4 Å². The van der Waals surface area contributed by atoms with E-state index in [2.05, 4.69) is 0 Å². The second kappa shape index (κ2) is 9.95. The standard InChI is InChI=1S/C21H22N2O8S4/c1-30-14-3-5-18-16(11-14)22(7-9-34(24,25)26)20(32-18)13-21-23(8-10-35(27,28)29)17-12-15(31-2)4-6-19(17)33-21/h3-6,11-13H,7-10H2,1-2H3,(H-,24,25,26,27,28,29)/p+1. The highest BCUT2D eigenvalue weighted by atomic mass is 32.2. The maximum absolute atomic E-state index is 11.5. The molecule has 14 heteroatoms. The van der Waals surface area contributed by atoms with Gasteiger partial charge in [-0.15, -0.1) is 0 Å². The van der Waals surface area contributed by atoms with Crippen molar-refractivity contribution >= 4 is 65.3 Å². The lowest BCUT2D eigenvalue weighted by Crippen LogP contribution is -2.38. The van der Waals surface area contributed by atoms with Gasteiger partial charge in [-0.1, -0.05) is 23.1 Å². The Hall–Kier alpha value is -2.36. The Kier molecular flexibility index (Phi) is 7.31. The molecule has 2 aromatic carbocycles. The van der Waals surface area contributed by atoms with Gasteiger partial charge in [0.25, 0.3) is 25.2 Å². The van der Waals surface area contributed by atoms with E-state index < -0.39 is 31.7 Å². The molecule has 10 nitrogen and oxygen atoms in total. The molecule has 1 aliphatic rings. The van der Waals surface area contributed by atoms with Crippen LogP contribution in [-0.4, -0.2) is 58.2 Å². The Labute approximate surface area is 211 Å². The molecule has 1 aromatic heterocycles. The molecule has 2 heterocycles. The number of methoxy groups -OCH3 is 2. The molecule has 0 saturated carbocycles. The first kappa shape index (κ1) is 25.7. The van der Waals surface area contributed by atoms with E-state index in [0.29, 0.717) is 21.5 Å². The predicted molar refractivity (Wildman–Crippen MR) is 136 cm³/mol. The fraction of sp³-hybridized carbons (Fsp3) is 0.286. The van der Waals surface area contributed by atoms with Gasteiger partial charge in [-0.25, -0.2) is 0 Å². The van der Waals surface area contributed by atoms with Crippen LogP contribution in [-0.2, 0) is 26.8 Å². The van der Waals surface area contributed by atoms with Crippen LogP contribution in [0.1, 0.15) is 5.01 Å². The number of benzene rings is 2. The number of ether oxygens (including phenoxy) is 2. The van der Waals surface area contributed by atoms with E-state index in [9.17, 15) is 25.9 Å². The minimum absolute atomic E-state index is 0.00156. The van der Waals surface area contributed by atoms with Crippen molar-refractivity contribution in [1.29, 1.82) is 0 Å². The molecule has 0 spiro atoms. The molecule has 1 aliphatic heterocycles. The summed E-state index contributed by atoms with van der Waals surface area (Å²) in [6, 6.07) is 10.9. The van der Waals surface area contributed by atoms with Crippen LogP contribution in [0.5, 0.6) is 11.5 Å². The van der Waals surface area contributed by atoms with Crippen LogP contribution < -0.4 is 18.9 Å². The average Bonchev–Trinajstić information content (AvgIpc) is 3.31. The van der Waals surface area contributed by atoms with Crippen LogP contribution in [0.2, 0.25) is 0 Å². The third-order valence-corrected chi connectivity index (χ3v) is 8.89. The molecule has 2 N–H and O–H groups in total. The van der Waals surface area contributed by atoms with Gasteiger partial charge in [0.15, 0.2) is 6.54 Å². The number of rotatable bonds is 9. The Morgan fingerprint density at radius 1 is 0.971 bits per heavy atom. The van der Waals surface area contributed by atoms with Gasteiger partial charge in [0.1, 0.15) is 22.0 Å². The van der Waals surface area contributed by atoms with E-state index in [0.717, 1.165) is 20.8 Å². The molecule has 0 radical (unpaired) electrons. The number of hydrogen-bond donors (Lipinski definition) is 2. The molecule has 0 amide bonds. The fourth-order valence-electron chi connectivity index (χ4n) is 3.61. The zero-order valence-electron chi connectivity index (χ0n) is 18.7.